The largest absolute Gasteiger partial charge is 0.508 e. The van der Waals surface area contributed by atoms with Gasteiger partial charge in [0.15, 0.2) is 5.96 Å². The molecular weight excluding hydrogens is 1090 g/mol. The number of carbonyl (C=O) groups is 9. The van der Waals surface area contributed by atoms with E-state index in [4.69, 9.17) is 28.7 Å². The van der Waals surface area contributed by atoms with Gasteiger partial charge in [0.1, 0.15) is 54.1 Å². The fraction of sp³-hybridized carbons (Fsp3) is 0.492. The zero-order chi connectivity index (χ0) is 62.6. The van der Waals surface area contributed by atoms with Crippen LogP contribution in [0.1, 0.15) is 95.8 Å². The lowest BCUT2D eigenvalue weighted by Gasteiger charge is -2.30. The summed E-state index contributed by atoms with van der Waals surface area (Å²) in [7, 11) is 0. The van der Waals surface area contributed by atoms with Crippen LogP contribution in [0, 0.1) is 11.8 Å². The molecule has 0 radical (unpaired) electrons. The number of aliphatic carboxylic acids is 1. The molecular formula is C59H87N15O11. The predicted molar refractivity (Wildman–Crippen MR) is 321 cm³/mol. The van der Waals surface area contributed by atoms with Crippen LogP contribution in [0.5, 0.6) is 5.75 Å². The van der Waals surface area contributed by atoms with Gasteiger partial charge < -0.3 is 86.4 Å². The molecule has 0 aliphatic rings. The third kappa shape index (κ3) is 23.2. The van der Waals surface area contributed by atoms with Crippen molar-refractivity contribution in [1.82, 2.24) is 47.5 Å². The fourth-order valence-corrected chi connectivity index (χ4v) is 9.32. The Morgan fingerprint density at radius 3 is 1.45 bits per heavy atom. The number of phenolic OH excluding ortho intramolecular Hbond substituents is 1. The second-order valence-electron chi connectivity index (χ2n) is 21.6. The number of guanidine groups is 1. The molecule has 0 aliphatic heterocycles. The predicted octanol–water partition coefficient (Wildman–Crippen LogP) is -0.553. The smallest absolute Gasteiger partial charge is 0.326 e. The Morgan fingerprint density at radius 2 is 0.929 bits per heavy atom. The Hall–Kier alpha value is -8.62. The number of benzene rings is 3. The number of nitrogens with one attached hydrogen (secondary N) is 9. The lowest BCUT2D eigenvalue weighted by atomic mass is 9.98. The van der Waals surface area contributed by atoms with Crippen LogP contribution in [0.15, 0.2) is 90.1 Å². The Morgan fingerprint density at radius 1 is 0.494 bits per heavy atom. The van der Waals surface area contributed by atoms with Gasteiger partial charge in [-0.3, -0.25) is 43.3 Å². The Balaban J connectivity index is 1.65. The average Bonchev–Trinajstić information content (AvgIpc) is 4.16. The lowest BCUT2D eigenvalue weighted by molar-refractivity contribution is -0.143. The van der Waals surface area contributed by atoms with Gasteiger partial charge in [0.2, 0.25) is 47.3 Å². The zero-order valence-electron chi connectivity index (χ0n) is 48.9. The van der Waals surface area contributed by atoms with Crippen LogP contribution < -0.4 is 71.2 Å². The molecule has 0 spiro atoms. The van der Waals surface area contributed by atoms with Gasteiger partial charge in [-0.15, -0.1) is 0 Å². The minimum Gasteiger partial charge on any atom is -0.508 e. The lowest BCUT2D eigenvalue weighted by Crippen LogP contribution is -2.61. The first-order valence-electron chi connectivity index (χ1n) is 28.7. The highest BCUT2D eigenvalue weighted by Gasteiger charge is 2.37. The standard InChI is InChI=1S/C59H87N15O11/c1-34(2)49(56(82)69-44(58(84)85)21-14-28-65-59(63)64)74-55(81)47(31-38-33-66-41-18-9-8-17-40(38)41)72-57(83)50(35(3)4)73-52(78)43(20-11-13-27-61)68-53(79)46(30-37-22-24-39(75)25-23-37)71-54(80)45(29-36-15-6-5-7-16-36)70-51(77)42(19-10-12-26-60)67-48(76)32-62/h5-9,15-18,22-25,33-35,42-47,49-50,66,75H,10-14,19-21,26-32,60-62H2,1-4H3,(H,67,76)(H,68,79)(H,69,82)(H,70,77)(H,71,80)(H,72,83)(H,73,78)(H,74,81)(H,84,85)(H4,63,64,65)/t42-,43-,44-,45-,46-,47-,49-,50-/m0/s1. The number of carboxylic acid groups (broad SMARTS) is 1. The van der Waals surface area contributed by atoms with Gasteiger partial charge in [-0.2, -0.15) is 0 Å². The summed E-state index contributed by atoms with van der Waals surface area (Å²) >= 11 is 0. The summed E-state index contributed by atoms with van der Waals surface area (Å²) in [6, 6.07) is 11.5. The van der Waals surface area contributed by atoms with Crippen LogP contribution >= 0.6 is 0 Å². The molecule has 8 amide bonds. The highest BCUT2D eigenvalue weighted by molar-refractivity contribution is 5.98. The molecule has 0 fully saturated rings. The summed E-state index contributed by atoms with van der Waals surface area (Å²) in [4.78, 5) is 133. The van der Waals surface area contributed by atoms with Crippen LogP contribution in [0.4, 0.5) is 0 Å². The summed E-state index contributed by atoms with van der Waals surface area (Å²) < 4.78 is 0. The maximum atomic E-state index is 14.8. The number of H-pyrrole nitrogens is 1. The first-order chi connectivity index (χ1) is 40.5. The molecule has 0 saturated heterocycles. The van der Waals surface area contributed by atoms with Crippen LogP contribution in [0.3, 0.4) is 0 Å². The van der Waals surface area contributed by atoms with E-state index in [0.29, 0.717) is 48.9 Å². The number of phenols is 1. The molecule has 3 aromatic carbocycles. The number of nitrogens with two attached hydrogens (primary N) is 5. The number of para-hydroxylation sites is 1. The highest BCUT2D eigenvalue weighted by Crippen LogP contribution is 2.21. The number of unbranched alkanes of at least 4 members (excludes halogenated alkanes) is 2. The van der Waals surface area contributed by atoms with E-state index in [1.54, 1.807) is 82.4 Å². The van der Waals surface area contributed by atoms with Crippen molar-refractivity contribution in [3.63, 3.8) is 0 Å². The molecule has 0 aliphatic carbocycles. The summed E-state index contributed by atoms with van der Waals surface area (Å²) in [6.45, 7) is 6.96. The van der Waals surface area contributed by atoms with Gasteiger partial charge >= 0.3 is 5.97 Å². The topological polar surface area (TPSA) is 449 Å². The van der Waals surface area contributed by atoms with Gasteiger partial charge in [-0.1, -0.05) is 88.4 Å². The van der Waals surface area contributed by atoms with Gasteiger partial charge in [0.05, 0.1) is 6.54 Å². The van der Waals surface area contributed by atoms with Crippen LogP contribution in [-0.4, -0.2) is 149 Å². The van der Waals surface area contributed by atoms with Crippen molar-refractivity contribution in [3.8, 4) is 5.75 Å². The molecule has 8 atom stereocenters. The number of fused-ring (bicyclic) bond motifs is 1. The molecule has 85 heavy (non-hydrogen) atoms. The molecule has 0 bridgehead atoms. The molecule has 21 N–H and O–H groups in total. The van der Waals surface area contributed by atoms with Gasteiger partial charge in [0.25, 0.3) is 0 Å². The van der Waals surface area contributed by atoms with Crippen molar-refractivity contribution in [1.29, 1.82) is 0 Å². The fourth-order valence-electron chi connectivity index (χ4n) is 9.32. The van der Waals surface area contributed by atoms with Gasteiger partial charge in [0, 0.05) is 42.9 Å². The van der Waals surface area contributed by atoms with E-state index in [1.807, 2.05) is 18.2 Å². The van der Waals surface area contributed by atoms with E-state index in [2.05, 4.69) is 52.5 Å². The minimum atomic E-state index is -1.41. The SMILES string of the molecule is CC(C)[C@H](NC(=O)[C@H](Cc1c[nH]c2ccccc12)NC(=O)[C@@H](NC(=O)[C@H](CCCCN)NC(=O)[C@H](Cc1ccc(O)cc1)NC(=O)[C@H](Cc1ccccc1)NC(=O)[C@H](CCCCN)NC(=O)CN)C(C)C)C(=O)N[C@@H](CCCN=C(N)N)C(=O)O. The van der Waals surface area contributed by atoms with Crippen molar-refractivity contribution in [3.05, 3.63) is 102 Å². The number of carboxylic acids is 1. The summed E-state index contributed by atoms with van der Waals surface area (Å²) in [5, 5.41) is 42.6. The third-order valence-electron chi connectivity index (χ3n) is 14.1. The molecule has 4 rings (SSSR count). The second kappa shape index (κ2) is 35.5. The average molecular weight is 1180 g/mol. The van der Waals surface area contributed by atoms with Crippen molar-refractivity contribution < 1.29 is 53.4 Å². The Bertz CT molecular complexity index is 2860. The van der Waals surface area contributed by atoms with Crippen molar-refractivity contribution in [2.75, 3.05) is 26.2 Å². The second-order valence-corrected chi connectivity index (χ2v) is 21.6. The van der Waals surface area contributed by atoms with Crippen LogP contribution in [-0.2, 0) is 62.4 Å². The minimum absolute atomic E-state index is 0.0249. The van der Waals surface area contributed by atoms with E-state index < -0.39 is 113 Å². The van der Waals surface area contributed by atoms with E-state index >= 15 is 0 Å². The zero-order valence-corrected chi connectivity index (χ0v) is 48.9. The molecule has 4 aromatic rings. The van der Waals surface area contributed by atoms with Gasteiger partial charge in [-0.05, 0) is 111 Å². The Kier molecular flexibility index (Phi) is 28.8. The molecule has 464 valence electrons. The summed E-state index contributed by atoms with van der Waals surface area (Å²) in [5.41, 5.74) is 30.5. The number of hydrogen-bond donors (Lipinski definition) is 16. The number of aromatic hydroxyl groups is 1. The molecule has 26 nitrogen and oxygen atoms in total. The Labute approximate surface area is 495 Å². The quantitative estimate of drug-likeness (QED) is 0.0153. The number of rotatable bonds is 37. The normalized spacial score (nSPS) is 14.0. The van der Waals surface area contributed by atoms with Crippen molar-refractivity contribution >= 4 is 70.1 Å². The van der Waals surface area contributed by atoms with E-state index in [-0.39, 0.29) is 76.3 Å². The first kappa shape index (κ1) is 68.9. The molecule has 0 unspecified atom stereocenters. The molecule has 0 saturated carbocycles. The number of carbonyl (C=O) groups excluding carboxylic acids is 8. The summed E-state index contributed by atoms with van der Waals surface area (Å²) in [5.74, 6) is -8.79. The van der Waals surface area contributed by atoms with Crippen LogP contribution in [0.2, 0.25) is 0 Å². The molecule has 1 aromatic heterocycles. The number of aromatic amines is 1. The van der Waals surface area contributed by atoms with E-state index in [0.717, 1.165) is 10.9 Å². The van der Waals surface area contributed by atoms with Crippen molar-refractivity contribution in [2.45, 2.75) is 147 Å². The molecule has 1 heterocycles. The maximum absolute atomic E-state index is 14.8. The van der Waals surface area contributed by atoms with Gasteiger partial charge in [-0.25, -0.2) is 4.79 Å². The maximum Gasteiger partial charge on any atom is 0.326 e. The number of aromatic nitrogens is 1. The highest BCUT2D eigenvalue weighted by atomic mass is 16.4. The monoisotopic (exact) mass is 1180 g/mol. The first-order valence-corrected chi connectivity index (χ1v) is 28.7. The van der Waals surface area contributed by atoms with E-state index in [9.17, 15) is 53.4 Å². The third-order valence-corrected chi connectivity index (χ3v) is 14.1. The van der Waals surface area contributed by atoms with Crippen molar-refractivity contribution in [2.24, 2.45) is 45.5 Å². The number of hydrogen-bond acceptors (Lipinski definition) is 14. The number of amides is 8. The summed E-state index contributed by atoms with van der Waals surface area (Å²) in [6.07, 6.45) is 3.60. The molecule has 26 heteroatoms. The van der Waals surface area contributed by atoms with Crippen LogP contribution in [0.25, 0.3) is 10.9 Å². The number of nitrogens with zero attached hydrogens (tertiary/aromatic N) is 1. The number of aliphatic imine (C=N–C) groups is 1. The van der Waals surface area contributed by atoms with E-state index in [1.165, 1.54) is 12.1 Å².